The minimum absolute atomic E-state index is 0.0531. The average molecular weight is 355 g/mol. The highest BCUT2D eigenvalue weighted by Crippen LogP contribution is 2.13. The molecule has 0 saturated carbocycles. The monoisotopic (exact) mass is 355 g/mol. The molecule has 4 aromatic rings. The number of aryl methyl sites for hydroxylation is 2. The van der Waals surface area contributed by atoms with Crippen molar-refractivity contribution in [2.75, 3.05) is 0 Å². The van der Waals surface area contributed by atoms with Crippen molar-refractivity contribution in [3.8, 4) is 0 Å². The third kappa shape index (κ3) is 4.23. The Morgan fingerprint density at radius 1 is 0.815 bits per heavy atom. The summed E-state index contributed by atoms with van der Waals surface area (Å²) in [5.74, 6) is 0.934. The summed E-state index contributed by atoms with van der Waals surface area (Å²) >= 11 is 0. The molecule has 0 atom stereocenters. The summed E-state index contributed by atoms with van der Waals surface area (Å²) in [6.45, 7) is 0.535. The summed E-state index contributed by atoms with van der Waals surface area (Å²) in [7, 11) is 0. The lowest BCUT2D eigenvalue weighted by molar-refractivity contribution is 0.0951. The lowest BCUT2D eigenvalue weighted by Gasteiger charge is -2.06. The zero-order valence-electron chi connectivity index (χ0n) is 15.0. The number of H-pyrrole nitrogens is 1. The summed E-state index contributed by atoms with van der Waals surface area (Å²) in [4.78, 5) is 20.2. The van der Waals surface area contributed by atoms with E-state index in [1.807, 2.05) is 78.9 Å². The Hall–Kier alpha value is -3.40. The maximum Gasteiger partial charge on any atom is 0.251 e. The highest BCUT2D eigenvalue weighted by molar-refractivity contribution is 5.94. The van der Waals surface area contributed by atoms with Crippen molar-refractivity contribution in [3.63, 3.8) is 0 Å². The van der Waals surface area contributed by atoms with Gasteiger partial charge in [-0.05, 0) is 41.8 Å². The maximum atomic E-state index is 12.3. The van der Waals surface area contributed by atoms with Crippen LogP contribution in [0, 0.1) is 0 Å². The van der Waals surface area contributed by atoms with Crippen LogP contribution in [0.2, 0.25) is 0 Å². The Bertz CT molecular complexity index is 1000. The highest BCUT2D eigenvalue weighted by Gasteiger charge is 2.06. The zero-order chi connectivity index (χ0) is 18.5. The van der Waals surface area contributed by atoms with Crippen LogP contribution in [0.4, 0.5) is 0 Å². The first-order valence-corrected chi connectivity index (χ1v) is 9.12. The van der Waals surface area contributed by atoms with Crippen LogP contribution in [0.15, 0.2) is 78.9 Å². The smallest absolute Gasteiger partial charge is 0.251 e. The largest absolute Gasteiger partial charge is 0.348 e. The van der Waals surface area contributed by atoms with Crippen molar-refractivity contribution in [1.82, 2.24) is 15.3 Å². The van der Waals surface area contributed by atoms with Crippen LogP contribution in [0.1, 0.15) is 27.3 Å². The number of benzene rings is 3. The summed E-state index contributed by atoms with van der Waals surface area (Å²) < 4.78 is 0. The second-order valence-corrected chi connectivity index (χ2v) is 6.57. The van der Waals surface area contributed by atoms with Gasteiger partial charge < -0.3 is 10.3 Å². The van der Waals surface area contributed by atoms with Crippen LogP contribution >= 0.6 is 0 Å². The molecule has 0 unspecified atom stereocenters. The lowest BCUT2D eigenvalue weighted by Crippen LogP contribution is -2.22. The molecule has 0 bridgehead atoms. The highest BCUT2D eigenvalue weighted by atomic mass is 16.1. The number of imidazole rings is 1. The molecular formula is C23H21N3O. The van der Waals surface area contributed by atoms with Crippen LogP contribution in [-0.4, -0.2) is 15.9 Å². The normalized spacial score (nSPS) is 10.8. The second kappa shape index (κ2) is 7.87. The standard InChI is InChI=1S/C23H21N3O/c27-23(24-16-18-6-2-1-3-7-18)19-13-10-17(11-14-19)12-15-22-25-20-8-4-5-9-21(20)26-22/h1-11,13-14H,12,15-16H2,(H,24,27)(H,25,26). The molecule has 0 spiro atoms. The van der Waals surface area contributed by atoms with E-state index >= 15 is 0 Å². The van der Waals surface area contributed by atoms with Gasteiger partial charge in [-0.25, -0.2) is 4.98 Å². The van der Waals surface area contributed by atoms with Crippen molar-refractivity contribution in [2.45, 2.75) is 19.4 Å². The van der Waals surface area contributed by atoms with E-state index in [1.165, 1.54) is 5.56 Å². The number of carbonyl (C=O) groups is 1. The molecule has 134 valence electrons. The van der Waals surface area contributed by atoms with Crippen molar-refractivity contribution in [1.29, 1.82) is 0 Å². The molecule has 3 aromatic carbocycles. The number of hydrogen-bond acceptors (Lipinski definition) is 2. The van der Waals surface area contributed by atoms with Gasteiger partial charge in [0, 0.05) is 18.5 Å². The first-order valence-electron chi connectivity index (χ1n) is 9.12. The van der Waals surface area contributed by atoms with E-state index in [2.05, 4.69) is 15.3 Å². The van der Waals surface area contributed by atoms with Crippen LogP contribution < -0.4 is 5.32 Å². The Morgan fingerprint density at radius 3 is 2.33 bits per heavy atom. The van der Waals surface area contributed by atoms with E-state index in [0.717, 1.165) is 35.3 Å². The van der Waals surface area contributed by atoms with E-state index in [4.69, 9.17) is 0 Å². The number of aromatic amines is 1. The van der Waals surface area contributed by atoms with Crippen LogP contribution in [-0.2, 0) is 19.4 Å². The minimum atomic E-state index is -0.0531. The molecular weight excluding hydrogens is 334 g/mol. The van der Waals surface area contributed by atoms with Gasteiger partial charge >= 0.3 is 0 Å². The number of aromatic nitrogens is 2. The molecule has 4 nitrogen and oxygen atoms in total. The summed E-state index contributed by atoms with van der Waals surface area (Å²) in [5, 5.41) is 2.95. The van der Waals surface area contributed by atoms with Crippen molar-refractivity contribution >= 4 is 16.9 Å². The first-order chi connectivity index (χ1) is 13.3. The predicted octanol–water partition coefficient (Wildman–Crippen LogP) is 4.28. The molecule has 1 aromatic heterocycles. The van der Waals surface area contributed by atoms with Gasteiger partial charge in [0.15, 0.2) is 0 Å². The molecule has 27 heavy (non-hydrogen) atoms. The van der Waals surface area contributed by atoms with E-state index in [9.17, 15) is 4.79 Å². The van der Waals surface area contributed by atoms with Gasteiger partial charge in [-0.2, -0.15) is 0 Å². The van der Waals surface area contributed by atoms with Gasteiger partial charge in [0.25, 0.3) is 5.91 Å². The zero-order valence-corrected chi connectivity index (χ0v) is 15.0. The molecule has 0 radical (unpaired) electrons. The molecule has 0 aliphatic carbocycles. The fraction of sp³-hybridized carbons (Fsp3) is 0.130. The van der Waals surface area contributed by atoms with Gasteiger partial charge in [0.05, 0.1) is 11.0 Å². The van der Waals surface area contributed by atoms with Gasteiger partial charge in [0.1, 0.15) is 5.82 Å². The lowest BCUT2D eigenvalue weighted by atomic mass is 10.1. The average Bonchev–Trinajstić information content (AvgIpc) is 3.15. The number of hydrogen-bond donors (Lipinski definition) is 2. The van der Waals surface area contributed by atoms with E-state index in [0.29, 0.717) is 12.1 Å². The number of rotatable bonds is 6. The predicted molar refractivity (Wildman–Crippen MR) is 108 cm³/mol. The quantitative estimate of drug-likeness (QED) is 0.542. The molecule has 4 rings (SSSR count). The molecule has 0 aliphatic rings. The van der Waals surface area contributed by atoms with Gasteiger partial charge in [-0.15, -0.1) is 0 Å². The first kappa shape index (κ1) is 17.0. The summed E-state index contributed by atoms with van der Waals surface area (Å²) in [6, 6.07) is 25.8. The fourth-order valence-corrected chi connectivity index (χ4v) is 3.09. The summed E-state index contributed by atoms with van der Waals surface area (Å²) in [5.41, 5.74) is 5.03. The number of nitrogens with one attached hydrogen (secondary N) is 2. The summed E-state index contributed by atoms with van der Waals surface area (Å²) in [6.07, 6.45) is 1.72. The third-order valence-corrected chi connectivity index (χ3v) is 4.60. The minimum Gasteiger partial charge on any atom is -0.348 e. The number of amides is 1. The Morgan fingerprint density at radius 2 is 1.56 bits per heavy atom. The maximum absolute atomic E-state index is 12.3. The molecule has 0 saturated heterocycles. The van der Waals surface area contributed by atoms with Crippen molar-refractivity contribution < 1.29 is 4.79 Å². The third-order valence-electron chi connectivity index (χ3n) is 4.60. The van der Waals surface area contributed by atoms with Crippen LogP contribution in [0.3, 0.4) is 0 Å². The van der Waals surface area contributed by atoms with Crippen molar-refractivity contribution in [3.05, 3.63) is 101 Å². The van der Waals surface area contributed by atoms with Crippen LogP contribution in [0.25, 0.3) is 11.0 Å². The molecule has 2 N–H and O–H groups in total. The van der Waals surface area contributed by atoms with Gasteiger partial charge in [-0.3, -0.25) is 4.79 Å². The van der Waals surface area contributed by atoms with Crippen LogP contribution in [0.5, 0.6) is 0 Å². The molecule has 0 aliphatic heterocycles. The Labute approximate surface area is 158 Å². The Balaban J connectivity index is 1.33. The fourth-order valence-electron chi connectivity index (χ4n) is 3.09. The number of nitrogens with zero attached hydrogens (tertiary/aromatic N) is 1. The molecule has 4 heteroatoms. The van der Waals surface area contributed by atoms with E-state index in [1.54, 1.807) is 0 Å². The van der Waals surface area contributed by atoms with Crippen molar-refractivity contribution in [2.24, 2.45) is 0 Å². The van der Waals surface area contributed by atoms with E-state index < -0.39 is 0 Å². The Kier molecular flexibility index (Phi) is 4.97. The number of fused-ring (bicyclic) bond motifs is 1. The number of carbonyl (C=O) groups excluding carboxylic acids is 1. The topological polar surface area (TPSA) is 57.8 Å². The molecule has 0 fully saturated rings. The molecule has 1 heterocycles. The second-order valence-electron chi connectivity index (χ2n) is 6.57. The van der Waals surface area contributed by atoms with E-state index in [-0.39, 0.29) is 5.91 Å². The SMILES string of the molecule is O=C(NCc1ccccc1)c1ccc(CCc2nc3ccccc3[nH]2)cc1. The van der Waals surface area contributed by atoms with Gasteiger partial charge in [0.2, 0.25) is 0 Å². The number of para-hydroxylation sites is 2. The molecule has 1 amide bonds. The van der Waals surface area contributed by atoms with Gasteiger partial charge in [-0.1, -0.05) is 54.6 Å².